The number of halogens is 1. The molecule has 0 spiro atoms. The smallest absolute Gasteiger partial charge is 0.354 e. The van der Waals surface area contributed by atoms with Gasteiger partial charge in [0.15, 0.2) is 11.5 Å². The molecule has 5 nitrogen and oxygen atoms in total. The highest BCUT2D eigenvalue weighted by Crippen LogP contribution is 2.11. The number of aromatic nitrogens is 3. The van der Waals surface area contributed by atoms with Gasteiger partial charge in [-0.1, -0.05) is 6.07 Å². The van der Waals surface area contributed by atoms with E-state index in [-0.39, 0.29) is 5.69 Å². The summed E-state index contributed by atoms with van der Waals surface area (Å²) in [6.07, 6.45) is 3.31. The highest BCUT2D eigenvalue weighted by Gasteiger charge is 2.06. The van der Waals surface area contributed by atoms with Crippen molar-refractivity contribution in [2.24, 2.45) is 0 Å². The Bertz CT molecular complexity index is 510. The molecule has 0 amide bonds. The Morgan fingerprint density at radius 3 is 2.87 bits per heavy atom. The van der Waals surface area contributed by atoms with Crippen molar-refractivity contribution in [3.05, 3.63) is 40.8 Å². The lowest BCUT2D eigenvalue weighted by atomic mass is 10.3. The van der Waals surface area contributed by atoms with E-state index in [2.05, 4.69) is 26.0 Å². The van der Waals surface area contributed by atoms with Crippen LogP contribution in [0, 0.1) is 0 Å². The van der Waals surface area contributed by atoms with E-state index in [0.717, 1.165) is 4.47 Å². The van der Waals surface area contributed by atoms with Crippen LogP contribution in [0.25, 0.3) is 5.82 Å². The van der Waals surface area contributed by atoms with Gasteiger partial charge < -0.3 is 5.11 Å². The number of pyridine rings is 1. The zero-order chi connectivity index (χ0) is 10.8. The highest BCUT2D eigenvalue weighted by atomic mass is 79.9. The Morgan fingerprint density at radius 1 is 1.47 bits per heavy atom. The first-order valence-corrected chi connectivity index (χ1v) is 4.87. The number of hydrogen-bond acceptors (Lipinski definition) is 3. The lowest BCUT2D eigenvalue weighted by molar-refractivity contribution is 0.0690. The number of carboxylic acid groups (broad SMARTS) is 1. The maximum absolute atomic E-state index is 10.7. The molecule has 1 N–H and O–H groups in total. The Kier molecular flexibility index (Phi) is 2.51. The van der Waals surface area contributed by atoms with Gasteiger partial charge in [0, 0.05) is 6.20 Å². The number of aromatic carboxylic acids is 1. The third kappa shape index (κ3) is 2.04. The zero-order valence-corrected chi connectivity index (χ0v) is 9.05. The summed E-state index contributed by atoms with van der Waals surface area (Å²) < 4.78 is 2.31. The van der Waals surface area contributed by atoms with Crippen molar-refractivity contribution in [1.29, 1.82) is 0 Å². The summed E-state index contributed by atoms with van der Waals surface area (Å²) in [5.74, 6) is -0.580. The predicted molar refractivity (Wildman–Crippen MR) is 56.0 cm³/mol. The van der Waals surface area contributed by atoms with Crippen LogP contribution in [0.5, 0.6) is 0 Å². The summed E-state index contributed by atoms with van der Waals surface area (Å²) in [7, 11) is 0. The minimum absolute atomic E-state index is 0.000813. The Morgan fingerprint density at radius 2 is 2.27 bits per heavy atom. The molecule has 0 saturated carbocycles. The fourth-order valence-corrected chi connectivity index (χ4v) is 1.38. The SMILES string of the molecule is O=C(O)c1cccc(-n2cc(Br)cn2)n1. The zero-order valence-electron chi connectivity index (χ0n) is 7.46. The summed E-state index contributed by atoms with van der Waals surface area (Å²) >= 11 is 3.25. The van der Waals surface area contributed by atoms with Gasteiger partial charge in [-0.15, -0.1) is 0 Å². The van der Waals surface area contributed by atoms with Crippen LogP contribution in [0.15, 0.2) is 35.1 Å². The second-order valence-electron chi connectivity index (χ2n) is 2.79. The monoisotopic (exact) mass is 267 g/mol. The molecule has 0 aliphatic rings. The number of carbonyl (C=O) groups is 1. The number of rotatable bonds is 2. The van der Waals surface area contributed by atoms with Crippen molar-refractivity contribution in [2.75, 3.05) is 0 Å². The van der Waals surface area contributed by atoms with Gasteiger partial charge in [-0.2, -0.15) is 5.10 Å². The molecule has 76 valence electrons. The lowest BCUT2D eigenvalue weighted by Crippen LogP contribution is -2.04. The van der Waals surface area contributed by atoms with E-state index in [1.807, 2.05) is 0 Å². The third-order valence-electron chi connectivity index (χ3n) is 1.74. The fraction of sp³-hybridized carbons (Fsp3) is 0. The molecule has 2 aromatic heterocycles. The minimum atomic E-state index is -1.05. The number of carboxylic acids is 1. The fourth-order valence-electron chi connectivity index (χ4n) is 1.10. The van der Waals surface area contributed by atoms with Crippen LogP contribution in [0.4, 0.5) is 0 Å². The van der Waals surface area contributed by atoms with E-state index < -0.39 is 5.97 Å². The maximum Gasteiger partial charge on any atom is 0.354 e. The molecule has 0 atom stereocenters. The van der Waals surface area contributed by atoms with Gasteiger partial charge in [-0.05, 0) is 28.1 Å². The van der Waals surface area contributed by atoms with Crippen molar-refractivity contribution in [2.45, 2.75) is 0 Å². The molecule has 0 saturated heterocycles. The molecule has 0 bridgehead atoms. The predicted octanol–water partition coefficient (Wildman–Crippen LogP) is 1.73. The minimum Gasteiger partial charge on any atom is -0.477 e. The maximum atomic E-state index is 10.7. The Labute approximate surface area is 93.5 Å². The standard InChI is InChI=1S/C9H6BrN3O2/c10-6-4-11-13(5-6)8-3-1-2-7(12-8)9(14)15/h1-5H,(H,14,15). The van der Waals surface area contributed by atoms with Crippen LogP contribution in [0.3, 0.4) is 0 Å². The van der Waals surface area contributed by atoms with Gasteiger partial charge in [0.2, 0.25) is 0 Å². The van der Waals surface area contributed by atoms with E-state index in [1.54, 1.807) is 24.5 Å². The van der Waals surface area contributed by atoms with Gasteiger partial charge in [0.05, 0.1) is 10.7 Å². The van der Waals surface area contributed by atoms with Crippen LogP contribution < -0.4 is 0 Å². The number of nitrogens with zero attached hydrogens (tertiary/aromatic N) is 3. The molecule has 6 heteroatoms. The van der Waals surface area contributed by atoms with E-state index in [1.165, 1.54) is 10.7 Å². The topological polar surface area (TPSA) is 68.0 Å². The molecule has 0 aliphatic heterocycles. The van der Waals surface area contributed by atoms with Crippen molar-refractivity contribution < 1.29 is 9.90 Å². The van der Waals surface area contributed by atoms with Crippen molar-refractivity contribution >= 4 is 21.9 Å². The molecule has 0 fully saturated rings. The first kappa shape index (κ1) is 9.85. The molecule has 2 rings (SSSR count). The molecular weight excluding hydrogens is 262 g/mol. The van der Waals surface area contributed by atoms with Crippen LogP contribution in [-0.4, -0.2) is 25.8 Å². The first-order valence-electron chi connectivity index (χ1n) is 4.08. The van der Waals surface area contributed by atoms with Gasteiger partial charge in [-0.3, -0.25) is 0 Å². The van der Waals surface area contributed by atoms with Crippen LogP contribution in [0.2, 0.25) is 0 Å². The first-order chi connectivity index (χ1) is 7.16. The van der Waals surface area contributed by atoms with Crippen LogP contribution in [0.1, 0.15) is 10.5 Å². The second-order valence-corrected chi connectivity index (χ2v) is 3.70. The highest BCUT2D eigenvalue weighted by molar-refractivity contribution is 9.10. The Balaban J connectivity index is 2.45. The lowest BCUT2D eigenvalue weighted by Gasteiger charge is -2.00. The quantitative estimate of drug-likeness (QED) is 0.900. The third-order valence-corrected chi connectivity index (χ3v) is 2.15. The van der Waals surface area contributed by atoms with Crippen molar-refractivity contribution in [1.82, 2.24) is 14.8 Å². The van der Waals surface area contributed by atoms with E-state index in [0.29, 0.717) is 5.82 Å². The molecule has 0 radical (unpaired) electrons. The van der Waals surface area contributed by atoms with Crippen molar-refractivity contribution in [3.8, 4) is 5.82 Å². The largest absolute Gasteiger partial charge is 0.477 e. The summed E-state index contributed by atoms with van der Waals surface area (Å²) in [5, 5.41) is 12.8. The summed E-state index contributed by atoms with van der Waals surface area (Å²) in [6, 6.07) is 4.75. The second kappa shape index (κ2) is 3.82. The molecule has 0 aromatic carbocycles. The average molecular weight is 268 g/mol. The van der Waals surface area contributed by atoms with Crippen molar-refractivity contribution in [3.63, 3.8) is 0 Å². The van der Waals surface area contributed by atoms with E-state index >= 15 is 0 Å². The van der Waals surface area contributed by atoms with Crippen LogP contribution in [-0.2, 0) is 0 Å². The normalized spacial score (nSPS) is 10.2. The van der Waals surface area contributed by atoms with Gasteiger partial charge in [0.1, 0.15) is 0 Å². The van der Waals surface area contributed by atoms with Gasteiger partial charge in [0.25, 0.3) is 0 Å². The molecular formula is C9H6BrN3O2. The average Bonchev–Trinajstić information content (AvgIpc) is 2.65. The van der Waals surface area contributed by atoms with Crippen LogP contribution >= 0.6 is 15.9 Å². The summed E-state index contributed by atoms with van der Waals surface area (Å²) in [6.45, 7) is 0. The molecule has 2 aromatic rings. The van der Waals surface area contributed by atoms with E-state index in [9.17, 15) is 4.79 Å². The van der Waals surface area contributed by atoms with Gasteiger partial charge in [-0.25, -0.2) is 14.5 Å². The Hall–Kier alpha value is -1.69. The van der Waals surface area contributed by atoms with E-state index in [4.69, 9.17) is 5.11 Å². The molecule has 0 aliphatic carbocycles. The summed E-state index contributed by atoms with van der Waals surface area (Å²) in [5.41, 5.74) is -0.000813. The summed E-state index contributed by atoms with van der Waals surface area (Å²) in [4.78, 5) is 14.6. The molecule has 2 heterocycles. The molecule has 0 unspecified atom stereocenters. The number of hydrogen-bond donors (Lipinski definition) is 1. The van der Waals surface area contributed by atoms with Gasteiger partial charge >= 0.3 is 5.97 Å². The molecule has 15 heavy (non-hydrogen) atoms.